The van der Waals surface area contributed by atoms with Gasteiger partial charge in [-0.25, -0.2) is 0 Å². The number of hydrogen-bond acceptors (Lipinski definition) is 4. The normalized spacial score (nSPS) is 25.2. The number of aryl methyl sites for hydroxylation is 1. The van der Waals surface area contributed by atoms with Crippen molar-refractivity contribution in [3.63, 3.8) is 0 Å². The van der Waals surface area contributed by atoms with E-state index < -0.39 is 0 Å². The summed E-state index contributed by atoms with van der Waals surface area (Å²) in [5.74, 6) is 0.312. The van der Waals surface area contributed by atoms with Gasteiger partial charge in [0.15, 0.2) is 0 Å². The summed E-state index contributed by atoms with van der Waals surface area (Å²) in [4.78, 5) is 18.8. The molecule has 2 aliphatic rings. The maximum atomic E-state index is 13.1. The fraction of sp³-hybridized carbons (Fsp3) is 0.688. The Bertz CT molecular complexity index is 495. The van der Waals surface area contributed by atoms with Gasteiger partial charge in [-0.2, -0.15) is 0 Å². The van der Waals surface area contributed by atoms with Gasteiger partial charge in [-0.05, 0) is 43.7 Å². The zero-order valence-electron chi connectivity index (χ0n) is 13.0. The number of thiophene rings is 1. The second kappa shape index (κ2) is 6.46. The van der Waals surface area contributed by atoms with Crippen molar-refractivity contribution in [2.75, 3.05) is 32.7 Å². The highest BCUT2D eigenvalue weighted by Crippen LogP contribution is 2.33. The Morgan fingerprint density at radius 3 is 2.76 bits per heavy atom. The Kier molecular flexibility index (Phi) is 4.62. The molecular weight excluding hydrogens is 282 g/mol. The van der Waals surface area contributed by atoms with Gasteiger partial charge in [0.1, 0.15) is 6.04 Å². The molecule has 0 spiro atoms. The molecule has 0 aliphatic carbocycles. The molecule has 4 nitrogen and oxygen atoms in total. The van der Waals surface area contributed by atoms with E-state index in [4.69, 9.17) is 0 Å². The molecule has 3 heterocycles. The van der Waals surface area contributed by atoms with Crippen LogP contribution in [0.3, 0.4) is 0 Å². The zero-order valence-corrected chi connectivity index (χ0v) is 13.8. The van der Waals surface area contributed by atoms with Crippen LogP contribution in [0.15, 0.2) is 11.4 Å². The fourth-order valence-electron chi connectivity index (χ4n) is 3.42. The fourth-order valence-corrected chi connectivity index (χ4v) is 4.46. The van der Waals surface area contributed by atoms with Crippen molar-refractivity contribution in [2.24, 2.45) is 0 Å². The van der Waals surface area contributed by atoms with Crippen molar-refractivity contribution in [2.45, 2.75) is 38.8 Å². The highest BCUT2D eigenvalue weighted by atomic mass is 32.1. The van der Waals surface area contributed by atoms with Gasteiger partial charge in [0.2, 0.25) is 5.91 Å². The Balaban J connectivity index is 1.90. The van der Waals surface area contributed by atoms with Crippen LogP contribution in [0.25, 0.3) is 0 Å². The molecule has 0 bridgehead atoms. The number of rotatable bonds is 3. The van der Waals surface area contributed by atoms with E-state index in [1.807, 2.05) is 0 Å². The summed E-state index contributed by atoms with van der Waals surface area (Å²) in [5.41, 5.74) is 1.25. The first kappa shape index (κ1) is 15.0. The van der Waals surface area contributed by atoms with Crippen LogP contribution in [-0.2, 0) is 4.79 Å². The van der Waals surface area contributed by atoms with Crippen molar-refractivity contribution in [3.05, 3.63) is 21.9 Å². The smallest absolute Gasteiger partial charge is 0.245 e. The summed E-state index contributed by atoms with van der Waals surface area (Å²) in [7, 11) is 0. The number of carbonyl (C=O) groups is 1. The highest BCUT2D eigenvalue weighted by Gasteiger charge is 2.37. The average Bonchev–Trinajstić information content (AvgIpc) is 3.13. The SMILES string of the molecule is Cc1ccsc1C(C(=O)N1CCCC1)N1CCNCC1C. The van der Waals surface area contributed by atoms with Gasteiger partial charge in [-0.15, -0.1) is 11.3 Å². The average molecular weight is 307 g/mol. The maximum absolute atomic E-state index is 13.1. The molecular formula is C16H25N3OS. The van der Waals surface area contributed by atoms with E-state index >= 15 is 0 Å². The van der Waals surface area contributed by atoms with Crippen LogP contribution >= 0.6 is 11.3 Å². The van der Waals surface area contributed by atoms with E-state index in [1.54, 1.807) is 11.3 Å². The number of nitrogens with zero attached hydrogens (tertiary/aromatic N) is 2. The zero-order chi connectivity index (χ0) is 14.8. The van der Waals surface area contributed by atoms with Crippen LogP contribution in [0.4, 0.5) is 0 Å². The van der Waals surface area contributed by atoms with Crippen molar-refractivity contribution in [3.8, 4) is 0 Å². The standard InChI is InChI=1S/C16H25N3OS/c1-12-5-10-21-15(12)14(16(20)18-7-3-4-8-18)19-9-6-17-11-13(19)2/h5,10,13-14,17H,3-4,6-9,11H2,1-2H3. The molecule has 2 fully saturated rings. The molecule has 0 radical (unpaired) electrons. The first-order valence-electron chi connectivity index (χ1n) is 7.97. The molecule has 1 aromatic heterocycles. The van der Waals surface area contributed by atoms with Gasteiger partial charge in [0, 0.05) is 43.6 Å². The molecule has 1 aromatic rings. The van der Waals surface area contributed by atoms with Gasteiger partial charge >= 0.3 is 0 Å². The van der Waals surface area contributed by atoms with E-state index in [1.165, 1.54) is 10.4 Å². The lowest BCUT2D eigenvalue weighted by atomic mass is 10.1. The van der Waals surface area contributed by atoms with Crippen LogP contribution in [0.5, 0.6) is 0 Å². The monoisotopic (exact) mass is 307 g/mol. The first-order chi connectivity index (χ1) is 10.2. The third-order valence-electron chi connectivity index (χ3n) is 4.69. The van der Waals surface area contributed by atoms with Gasteiger partial charge < -0.3 is 10.2 Å². The maximum Gasteiger partial charge on any atom is 0.245 e. The van der Waals surface area contributed by atoms with Crippen molar-refractivity contribution in [1.29, 1.82) is 0 Å². The third-order valence-corrected chi connectivity index (χ3v) is 5.76. The number of hydrogen-bond donors (Lipinski definition) is 1. The predicted molar refractivity (Wildman–Crippen MR) is 86.6 cm³/mol. The lowest BCUT2D eigenvalue weighted by Gasteiger charge is -2.40. The van der Waals surface area contributed by atoms with Gasteiger partial charge in [0.25, 0.3) is 0 Å². The van der Waals surface area contributed by atoms with E-state index in [-0.39, 0.29) is 6.04 Å². The van der Waals surface area contributed by atoms with Crippen LogP contribution < -0.4 is 5.32 Å². The van der Waals surface area contributed by atoms with E-state index in [0.717, 1.165) is 45.6 Å². The van der Waals surface area contributed by atoms with E-state index in [2.05, 4.69) is 40.4 Å². The molecule has 0 saturated carbocycles. The molecule has 116 valence electrons. The van der Waals surface area contributed by atoms with Crippen molar-refractivity contribution in [1.82, 2.24) is 15.1 Å². The largest absolute Gasteiger partial charge is 0.341 e. The van der Waals surface area contributed by atoms with Crippen LogP contribution in [0, 0.1) is 6.92 Å². The molecule has 2 atom stereocenters. The molecule has 3 rings (SSSR count). The van der Waals surface area contributed by atoms with Gasteiger partial charge in [-0.1, -0.05) is 0 Å². The summed E-state index contributed by atoms with van der Waals surface area (Å²) in [6.45, 7) is 9.10. The van der Waals surface area contributed by atoms with Gasteiger partial charge in [-0.3, -0.25) is 9.69 Å². The van der Waals surface area contributed by atoms with Crippen molar-refractivity contribution < 1.29 is 4.79 Å². The summed E-state index contributed by atoms with van der Waals surface area (Å²) in [6.07, 6.45) is 2.30. The molecule has 2 unspecified atom stereocenters. The lowest BCUT2D eigenvalue weighted by molar-refractivity contribution is -0.137. The second-order valence-electron chi connectivity index (χ2n) is 6.19. The molecule has 1 amide bonds. The van der Waals surface area contributed by atoms with Crippen molar-refractivity contribution >= 4 is 17.2 Å². The van der Waals surface area contributed by atoms with Crippen LogP contribution in [-0.4, -0.2) is 54.5 Å². The molecule has 2 aliphatic heterocycles. The Morgan fingerprint density at radius 2 is 2.14 bits per heavy atom. The molecule has 1 N–H and O–H groups in total. The van der Waals surface area contributed by atoms with Crippen LogP contribution in [0.1, 0.15) is 36.2 Å². The third kappa shape index (κ3) is 3.00. The number of likely N-dealkylation sites (tertiary alicyclic amines) is 1. The number of carbonyl (C=O) groups excluding carboxylic acids is 1. The minimum Gasteiger partial charge on any atom is -0.341 e. The Morgan fingerprint density at radius 1 is 1.38 bits per heavy atom. The van der Waals surface area contributed by atoms with Crippen LogP contribution in [0.2, 0.25) is 0 Å². The lowest BCUT2D eigenvalue weighted by Crippen LogP contribution is -2.54. The number of nitrogens with one attached hydrogen (secondary N) is 1. The summed E-state index contributed by atoms with van der Waals surface area (Å²) < 4.78 is 0. The van der Waals surface area contributed by atoms with E-state index in [0.29, 0.717) is 11.9 Å². The second-order valence-corrected chi connectivity index (χ2v) is 7.14. The topological polar surface area (TPSA) is 35.6 Å². The molecule has 2 saturated heterocycles. The van der Waals surface area contributed by atoms with Gasteiger partial charge in [0.05, 0.1) is 0 Å². The summed E-state index contributed by atoms with van der Waals surface area (Å²) in [6, 6.07) is 2.45. The first-order valence-corrected chi connectivity index (χ1v) is 8.85. The minimum atomic E-state index is -0.0831. The summed E-state index contributed by atoms with van der Waals surface area (Å²) in [5, 5.41) is 5.54. The number of piperazine rings is 1. The molecule has 21 heavy (non-hydrogen) atoms. The molecule has 5 heteroatoms. The number of amides is 1. The summed E-state index contributed by atoms with van der Waals surface area (Å²) >= 11 is 1.73. The Hall–Kier alpha value is -0.910. The quantitative estimate of drug-likeness (QED) is 0.928. The minimum absolute atomic E-state index is 0.0831. The highest BCUT2D eigenvalue weighted by molar-refractivity contribution is 7.10. The Labute approximate surface area is 131 Å². The van der Waals surface area contributed by atoms with E-state index in [9.17, 15) is 4.79 Å². The molecule has 0 aromatic carbocycles. The predicted octanol–water partition coefficient (Wildman–Crippen LogP) is 2.01.